The number of nitrogens with zero attached hydrogens (tertiary/aromatic N) is 4. The van der Waals surface area contributed by atoms with Crippen LogP contribution < -0.4 is 11.3 Å². The van der Waals surface area contributed by atoms with E-state index < -0.39 is 0 Å². The maximum absolute atomic E-state index is 12.0. The van der Waals surface area contributed by atoms with Crippen molar-refractivity contribution in [3.8, 4) is 0 Å². The summed E-state index contributed by atoms with van der Waals surface area (Å²) in [6, 6.07) is 9.94. The van der Waals surface area contributed by atoms with Crippen LogP contribution in [0.3, 0.4) is 0 Å². The number of fused-ring (bicyclic) bond motifs is 1. The van der Waals surface area contributed by atoms with Crippen molar-refractivity contribution in [1.29, 1.82) is 0 Å². The van der Waals surface area contributed by atoms with Crippen LogP contribution in [-0.4, -0.2) is 32.3 Å². The monoisotopic (exact) mass is 329 g/mol. The zero-order valence-corrected chi connectivity index (χ0v) is 13.4. The standard InChI is InChI=1S/C16H19N5O3/c1-20-15(22)13-14(19-16(20)17)21(10-18-13)11-24-8-7-23-9-12-5-3-2-4-6-12/h2-6,10H,7-9,11H2,1H3,(H2,17,19). The number of rotatable bonds is 7. The minimum atomic E-state index is -0.276. The lowest BCUT2D eigenvalue weighted by atomic mass is 10.2. The van der Waals surface area contributed by atoms with Crippen LogP contribution in [0.25, 0.3) is 11.2 Å². The second-order valence-electron chi connectivity index (χ2n) is 5.30. The van der Waals surface area contributed by atoms with Gasteiger partial charge in [0.25, 0.3) is 5.56 Å². The quantitative estimate of drug-likeness (QED) is 0.647. The molecule has 2 heterocycles. The number of nitrogen functional groups attached to an aromatic ring is 1. The summed E-state index contributed by atoms with van der Waals surface area (Å²) in [7, 11) is 1.56. The summed E-state index contributed by atoms with van der Waals surface area (Å²) in [5, 5.41) is 0. The molecule has 2 N–H and O–H groups in total. The largest absolute Gasteiger partial charge is 0.374 e. The Balaban J connectivity index is 1.51. The second-order valence-corrected chi connectivity index (χ2v) is 5.30. The van der Waals surface area contributed by atoms with E-state index in [4.69, 9.17) is 15.2 Å². The SMILES string of the molecule is Cn1c(N)nc2c(ncn2COCCOCc2ccccc2)c1=O. The summed E-state index contributed by atoms with van der Waals surface area (Å²) in [4.78, 5) is 20.3. The van der Waals surface area contributed by atoms with Gasteiger partial charge in [-0.15, -0.1) is 0 Å². The van der Waals surface area contributed by atoms with E-state index in [2.05, 4.69) is 9.97 Å². The van der Waals surface area contributed by atoms with Gasteiger partial charge in [0.1, 0.15) is 6.73 Å². The Morgan fingerprint density at radius 2 is 1.92 bits per heavy atom. The predicted molar refractivity (Wildman–Crippen MR) is 89.2 cm³/mol. The summed E-state index contributed by atoms with van der Waals surface area (Å²) in [5.41, 5.74) is 7.25. The van der Waals surface area contributed by atoms with Gasteiger partial charge in [0.2, 0.25) is 5.95 Å². The highest BCUT2D eigenvalue weighted by Crippen LogP contribution is 2.08. The summed E-state index contributed by atoms with van der Waals surface area (Å²) in [6.45, 7) is 1.67. The fourth-order valence-corrected chi connectivity index (χ4v) is 2.23. The maximum atomic E-state index is 12.0. The molecule has 24 heavy (non-hydrogen) atoms. The zero-order chi connectivity index (χ0) is 16.9. The third-order valence-corrected chi connectivity index (χ3v) is 3.60. The van der Waals surface area contributed by atoms with Crippen LogP contribution in [0.4, 0.5) is 5.95 Å². The topological polar surface area (TPSA) is 97.2 Å². The molecule has 0 atom stereocenters. The van der Waals surface area contributed by atoms with Crippen LogP contribution in [-0.2, 0) is 29.9 Å². The Kier molecular flexibility index (Phi) is 4.88. The van der Waals surface area contributed by atoms with Crippen molar-refractivity contribution >= 4 is 17.1 Å². The van der Waals surface area contributed by atoms with Crippen LogP contribution in [0.15, 0.2) is 41.5 Å². The van der Waals surface area contributed by atoms with Gasteiger partial charge in [-0.25, -0.2) is 4.98 Å². The Hall–Kier alpha value is -2.71. The number of aromatic nitrogens is 4. The van der Waals surface area contributed by atoms with E-state index in [1.54, 1.807) is 11.6 Å². The van der Waals surface area contributed by atoms with Crippen molar-refractivity contribution in [2.75, 3.05) is 18.9 Å². The smallest absolute Gasteiger partial charge is 0.282 e. The molecule has 1 aromatic carbocycles. The summed E-state index contributed by atoms with van der Waals surface area (Å²) in [5.74, 6) is 0.139. The zero-order valence-electron chi connectivity index (χ0n) is 13.4. The molecule has 3 rings (SSSR count). The van der Waals surface area contributed by atoms with Gasteiger partial charge in [-0.3, -0.25) is 13.9 Å². The summed E-state index contributed by atoms with van der Waals surface area (Å²) >= 11 is 0. The molecule has 0 aliphatic heterocycles. The van der Waals surface area contributed by atoms with E-state index in [0.717, 1.165) is 5.56 Å². The number of benzene rings is 1. The molecule has 8 nitrogen and oxygen atoms in total. The molecule has 2 aromatic heterocycles. The molecule has 0 fully saturated rings. The average Bonchev–Trinajstić information content (AvgIpc) is 3.00. The Morgan fingerprint density at radius 1 is 1.17 bits per heavy atom. The molecule has 0 saturated carbocycles. The van der Waals surface area contributed by atoms with Crippen LogP contribution >= 0.6 is 0 Å². The molecule has 8 heteroatoms. The van der Waals surface area contributed by atoms with Gasteiger partial charge in [-0.1, -0.05) is 30.3 Å². The summed E-state index contributed by atoms with van der Waals surface area (Å²) < 4.78 is 14.0. The van der Waals surface area contributed by atoms with Gasteiger partial charge in [0.15, 0.2) is 11.2 Å². The normalized spacial score (nSPS) is 11.2. The first-order valence-corrected chi connectivity index (χ1v) is 7.53. The molecule has 0 bridgehead atoms. The molecule has 126 valence electrons. The fraction of sp³-hybridized carbons (Fsp3) is 0.312. The van der Waals surface area contributed by atoms with E-state index in [1.165, 1.54) is 10.9 Å². The maximum Gasteiger partial charge on any atom is 0.282 e. The second kappa shape index (κ2) is 7.24. The van der Waals surface area contributed by atoms with Crippen LogP contribution in [0, 0.1) is 0 Å². The lowest BCUT2D eigenvalue weighted by Gasteiger charge is -2.08. The van der Waals surface area contributed by atoms with Crippen molar-refractivity contribution < 1.29 is 9.47 Å². The van der Waals surface area contributed by atoms with Crippen molar-refractivity contribution in [1.82, 2.24) is 19.1 Å². The Bertz CT molecular complexity index is 873. The Labute approximate surface area is 138 Å². The minimum Gasteiger partial charge on any atom is -0.374 e. The lowest BCUT2D eigenvalue weighted by Crippen LogP contribution is -2.22. The molecule has 0 saturated heterocycles. The highest BCUT2D eigenvalue weighted by Gasteiger charge is 2.11. The molecular weight excluding hydrogens is 310 g/mol. The Morgan fingerprint density at radius 3 is 2.71 bits per heavy atom. The number of nitrogens with two attached hydrogens (primary N) is 1. The number of hydrogen-bond acceptors (Lipinski definition) is 6. The molecule has 0 unspecified atom stereocenters. The molecule has 0 spiro atoms. The van der Waals surface area contributed by atoms with Crippen molar-refractivity contribution in [2.45, 2.75) is 13.3 Å². The fourth-order valence-electron chi connectivity index (χ4n) is 2.23. The molecule has 3 aromatic rings. The molecular formula is C16H19N5O3. The van der Waals surface area contributed by atoms with Crippen LogP contribution in [0.5, 0.6) is 0 Å². The van der Waals surface area contributed by atoms with E-state index in [0.29, 0.717) is 25.5 Å². The van der Waals surface area contributed by atoms with Gasteiger partial charge in [-0.2, -0.15) is 4.98 Å². The first kappa shape index (κ1) is 16.2. The highest BCUT2D eigenvalue weighted by molar-refractivity contribution is 5.70. The molecule has 0 aliphatic rings. The third kappa shape index (κ3) is 3.44. The van der Waals surface area contributed by atoms with E-state index in [1.807, 2.05) is 30.3 Å². The average molecular weight is 329 g/mol. The molecule has 0 aliphatic carbocycles. The highest BCUT2D eigenvalue weighted by atomic mass is 16.5. The minimum absolute atomic E-state index is 0.139. The number of ether oxygens (including phenoxy) is 2. The molecule has 0 radical (unpaired) electrons. The van der Waals surface area contributed by atoms with Gasteiger partial charge < -0.3 is 15.2 Å². The molecule has 0 amide bonds. The van der Waals surface area contributed by atoms with Gasteiger partial charge in [0, 0.05) is 7.05 Å². The van der Waals surface area contributed by atoms with Gasteiger partial charge >= 0.3 is 0 Å². The van der Waals surface area contributed by atoms with Crippen molar-refractivity contribution in [3.05, 3.63) is 52.6 Å². The van der Waals surface area contributed by atoms with Crippen molar-refractivity contribution in [2.24, 2.45) is 7.05 Å². The number of imidazole rings is 1. The van der Waals surface area contributed by atoms with E-state index >= 15 is 0 Å². The first-order chi connectivity index (χ1) is 11.7. The summed E-state index contributed by atoms with van der Waals surface area (Å²) in [6.07, 6.45) is 1.52. The number of anilines is 1. The first-order valence-electron chi connectivity index (χ1n) is 7.53. The number of hydrogen-bond donors (Lipinski definition) is 1. The van der Waals surface area contributed by atoms with Crippen molar-refractivity contribution in [3.63, 3.8) is 0 Å². The predicted octanol–water partition coefficient (Wildman–Crippen LogP) is 0.903. The van der Waals surface area contributed by atoms with Crippen LogP contribution in [0.2, 0.25) is 0 Å². The van der Waals surface area contributed by atoms with Gasteiger partial charge in [-0.05, 0) is 5.56 Å². The van der Waals surface area contributed by atoms with Gasteiger partial charge in [0.05, 0.1) is 26.1 Å². The van der Waals surface area contributed by atoms with Crippen LogP contribution in [0.1, 0.15) is 5.56 Å². The van der Waals surface area contributed by atoms with E-state index in [-0.39, 0.29) is 23.8 Å². The third-order valence-electron chi connectivity index (χ3n) is 3.60. The lowest BCUT2D eigenvalue weighted by molar-refractivity contribution is 0.0147. The van der Waals surface area contributed by atoms with E-state index in [9.17, 15) is 4.79 Å².